The topological polar surface area (TPSA) is 78.9 Å². The van der Waals surface area contributed by atoms with Crippen LogP contribution in [0.25, 0.3) is 0 Å². The highest BCUT2D eigenvalue weighted by Crippen LogP contribution is 2.12. The molecule has 0 amide bonds. The van der Waals surface area contributed by atoms with Gasteiger partial charge < -0.3 is 14.2 Å². The first-order valence-electron chi connectivity index (χ1n) is 24.5. The molecule has 1 unspecified atom stereocenters. The second kappa shape index (κ2) is 48.7. The third kappa shape index (κ3) is 47.0. The van der Waals surface area contributed by atoms with Gasteiger partial charge in [-0.05, 0) is 83.5 Å². The van der Waals surface area contributed by atoms with Crippen LogP contribution in [0.15, 0.2) is 109 Å². The molecule has 0 N–H and O–H groups in total. The summed E-state index contributed by atoms with van der Waals surface area (Å²) in [5.74, 6) is -1.05. The van der Waals surface area contributed by atoms with E-state index in [-0.39, 0.29) is 37.5 Å². The molecular weight excluding hydrogens is 757 g/mol. The number of esters is 3. The third-order valence-corrected chi connectivity index (χ3v) is 9.90. The second-order valence-corrected chi connectivity index (χ2v) is 15.8. The molecule has 1 atom stereocenters. The van der Waals surface area contributed by atoms with Gasteiger partial charge in [-0.2, -0.15) is 0 Å². The fourth-order valence-electron chi connectivity index (χ4n) is 6.21. The van der Waals surface area contributed by atoms with Crippen molar-refractivity contribution in [3.05, 3.63) is 109 Å². The molecule has 6 nitrogen and oxygen atoms in total. The third-order valence-electron chi connectivity index (χ3n) is 9.90. The van der Waals surface area contributed by atoms with E-state index in [1.165, 1.54) is 70.6 Å². The minimum atomic E-state index is -0.825. The summed E-state index contributed by atoms with van der Waals surface area (Å²) in [6, 6.07) is 0. The van der Waals surface area contributed by atoms with E-state index in [4.69, 9.17) is 14.2 Å². The van der Waals surface area contributed by atoms with E-state index in [1.807, 2.05) is 54.7 Å². The summed E-state index contributed by atoms with van der Waals surface area (Å²) < 4.78 is 16.7. The lowest BCUT2D eigenvalue weighted by Crippen LogP contribution is -2.30. The Labute approximate surface area is 374 Å². The number of rotatable bonds is 42. The molecular formula is C55H88O6. The van der Waals surface area contributed by atoms with E-state index in [2.05, 4.69) is 75.5 Å². The molecule has 0 aromatic carbocycles. The molecule has 0 aromatic heterocycles. The van der Waals surface area contributed by atoms with Crippen molar-refractivity contribution in [2.24, 2.45) is 0 Å². The molecule has 0 fully saturated rings. The highest BCUT2D eigenvalue weighted by molar-refractivity contribution is 5.71. The van der Waals surface area contributed by atoms with E-state index in [1.54, 1.807) is 0 Å². The Morgan fingerprint density at radius 3 is 1.30 bits per heavy atom. The van der Waals surface area contributed by atoms with E-state index in [0.717, 1.165) is 83.5 Å². The summed E-state index contributed by atoms with van der Waals surface area (Å²) >= 11 is 0. The molecule has 0 aliphatic carbocycles. The average molecular weight is 845 g/mol. The van der Waals surface area contributed by atoms with Crippen molar-refractivity contribution in [3.63, 3.8) is 0 Å². The molecule has 344 valence electrons. The fourth-order valence-corrected chi connectivity index (χ4v) is 6.21. The number of ether oxygens (including phenoxy) is 3. The number of hydrogen-bond acceptors (Lipinski definition) is 6. The Balaban J connectivity index is 4.58. The Morgan fingerprint density at radius 2 is 0.738 bits per heavy atom. The normalized spacial score (nSPS) is 13.0. The van der Waals surface area contributed by atoms with E-state index in [9.17, 15) is 14.4 Å². The van der Waals surface area contributed by atoms with Crippen molar-refractivity contribution < 1.29 is 28.6 Å². The molecule has 6 heteroatoms. The zero-order chi connectivity index (χ0) is 44.4. The number of unbranched alkanes of at least 4 members (excludes halogenated alkanes) is 18. The van der Waals surface area contributed by atoms with Crippen LogP contribution in [0, 0.1) is 0 Å². The number of allylic oxidation sites excluding steroid dienone is 18. The maximum atomic E-state index is 12.8. The van der Waals surface area contributed by atoms with Crippen LogP contribution in [0.1, 0.15) is 201 Å². The van der Waals surface area contributed by atoms with Crippen LogP contribution < -0.4 is 0 Å². The quantitative estimate of drug-likeness (QED) is 0.0200. The van der Waals surface area contributed by atoms with Crippen molar-refractivity contribution in [2.45, 2.75) is 207 Å². The maximum Gasteiger partial charge on any atom is 0.306 e. The smallest absolute Gasteiger partial charge is 0.306 e. The molecule has 0 heterocycles. The monoisotopic (exact) mass is 845 g/mol. The predicted octanol–water partition coefficient (Wildman–Crippen LogP) is 16.0. The Kier molecular flexibility index (Phi) is 45.6. The van der Waals surface area contributed by atoms with Crippen molar-refractivity contribution in [1.29, 1.82) is 0 Å². The molecule has 0 saturated heterocycles. The van der Waals surface area contributed by atoms with Gasteiger partial charge >= 0.3 is 17.9 Å². The van der Waals surface area contributed by atoms with Crippen molar-refractivity contribution >= 4 is 17.9 Å². The van der Waals surface area contributed by atoms with Gasteiger partial charge in [0.2, 0.25) is 0 Å². The zero-order valence-electron chi connectivity index (χ0n) is 39.1. The van der Waals surface area contributed by atoms with Crippen LogP contribution in [0.4, 0.5) is 0 Å². The average Bonchev–Trinajstić information content (AvgIpc) is 3.26. The van der Waals surface area contributed by atoms with Gasteiger partial charge in [0.25, 0.3) is 0 Å². The largest absolute Gasteiger partial charge is 0.462 e. The molecule has 61 heavy (non-hydrogen) atoms. The SMILES string of the molecule is CC/C=C/C=C/C=C/C=C/C=C/CCCCCC(=O)OCC(COC(=O)CC/C=C/C/C=C/CCCCCCCC)OC(=O)CCCCCCCC/C=C/C=C/CCCCC. The highest BCUT2D eigenvalue weighted by Gasteiger charge is 2.19. The maximum absolute atomic E-state index is 12.8. The van der Waals surface area contributed by atoms with Crippen LogP contribution in [-0.4, -0.2) is 37.2 Å². The fraction of sp³-hybridized carbons (Fsp3) is 0.618. The van der Waals surface area contributed by atoms with Crippen LogP contribution >= 0.6 is 0 Å². The van der Waals surface area contributed by atoms with Gasteiger partial charge in [-0.15, -0.1) is 0 Å². The van der Waals surface area contributed by atoms with Crippen molar-refractivity contribution in [3.8, 4) is 0 Å². The van der Waals surface area contributed by atoms with Gasteiger partial charge in [0.05, 0.1) is 0 Å². The minimum Gasteiger partial charge on any atom is -0.462 e. The molecule has 0 aliphatic rings. The number of hydrogen-bond donors (Lipinski definition) is 0. The van der Waals surface area contributed by atoms with E-state index >= 15 is 0 Å². The van der Waals surface area contributed by atoms with Gasteiger partial charge in [-0.1, -0.05) is 207 Å². The molecule has 0 radical (unpaired) electrons. The Morgan fingerprint density at radius 1 is 0.361 bits per heavy atom. The standard InChI is InChI=1S/C55H88O6/c1-4-7-10-13-16-19-22-25-27-30-33-36-39-42-45-48-54(57)60-51-52(50-59-53(56)47-44-41-38-35-32-29-24-21-18-15-12-9-6-3)61-55(58)49-46-43-40-37-34-31-28-26-23-20-17-14-11-8-5-2/h7,10,13,16-17,19-20,22-23,25-27,29-30,32-33,38,41,52H,4-6,8-9,11-12,14-15,18,21,24,28,31,34-37,39-40,42-51H2,1-3H3/b10-7+,16-13+,20-17+,22-19+,26-23+,27-25+,32-29+,33-30+,41-38+. The van der Waals surface area contributed by atoms with Gasteiger partial charge in [0, 0.05) is 19.3 Å². The summed E-state index contributed by atoms with van der Waals surface area (Å²) in [4.78, 5) is 37.9. The molecule has 0 rings (SSSR count). The molecule has 0 aliphatic heterocycles. The van der Waals surface area contributed by atoms with Crippen molar-refractivity contribution in [2.75, 3.05) is 13.2 Å². The highest BCUT2D eigenvalue weighted by atomic mass is 16.6. The van der Waals surface area contributed by atoms with E-state index < -0.39 is 6.10 Å². The summed E-state index contributed by atoms with van der Waals surface area (Å²) in [6.07, 6.45) is 65.0. The first kappa shape index (κ1) is 57.1. The lowest BCUT2D eigenvalue weighted by molar-refractivity contribution is -0.166. The van der Waals surface area contributed by atoms with Crippen molar-refractivity contribution in [1.82, 2.24) is 0 Å². The Bertz CT molecular complexity index is 1290. The lowest BCUT2D eigenvalue weighted by Gasteiger charge is -2.18. The lowest BCUT2D eigenvalue weighted by atomic mass is 10.1. The summed E-state index contributed by atoms with van der Waals surface area (Å²) in [6.45, 7) is 6.33. The number of carbonyl (C=O) groups excluding carboxylic acids is 3. The van der Waals surface area contributed by atoms with Gasteiger partial charge in [-0.3, -0.25) is 14.4 Å². The summed E-state index contributed by atoms with van der Waals surface area (Å²) in [5, 5.41) is 0. The van der Waals surface area contributed by atoms with E-state index in [0.29, 0.717) is 19.3 Å². The minimum absolute atomic E-state index is 0.124. The van der Waals surface area contributed by atoms with Crippen LogP contribution in [0.2, 0.25) is 0 Å². The molecule has 0 aromatic rings. The van der Waals surface area contributed by atoms with Gasteiger partial charge in [0.1, 0.15) is 13.2 Å². The summed E-state index contributed by atoms with van der Waals surface area (Å²) in [7, 11) is 0. The Hall–Kier alpha value is -3.93. The zero-order valence-corrected chi connectivity index (χ0v) is 39.1. The first-order chi connectivity index (χ1) is 30.0. The van der Waals surface area contributed by atoms with Gasteiger partial charge in [-0.25, -0.2) is 0 Å². The first-order valence-corrected chi connectivity index (χ1v) is 24.5. The molecule has 0 bridgehead atoms. The van der Waals surface area contributed by atoms with Gasteiger partial charge in [0.15, 0.2) is 6.10 Å². The predicted molar refractivity (Wildman–Crippen MR) is 260 cm³/mol. The van der Waals surface area contributed by atoms with Crippen LogP contribution in [-0.2, 0) is 28.6 Å². The summed E-state index contributed by atoms with van der Waals surface area (Å²) in [5.41, 5.74) is 0. The molecule has 0 saturated carbocycles. The van der Waals surface area contributed by atoms with Crippen LogP contribution in [0.3, 0.4) is 0 Å². The second-order valence-electron chi connectivity index (χ2n) is 15.8. The molecule has 0 spiro atoms. The van der Waals surface area contributed by atoms with Crippen LogP contribution in [0.5, 0.6) is 0 Å². The number of carbonyl (C=O) groups is 3.